The first-order valence-corrected chi connectivity index (χ1v) is 7.99. The fourth-order valence-corrected chi connectivity index (χ4v) is 3.20. The van der Waals surface area contributed by atoms with Crippen LogP contribution in [-0.2, 0) is 4.79 Å². The zero-order valence-electron chi connectivity index (χ0n) is 12.5. The molecule has 0 unspecified atom stereocenters. The number of anilines is 1. The third kappa shape index (κ3) is 3.21. The highest BCUT2D eigenvalue weighted by atomic mass is 35.5. The number of benzene rings is 1. The van der Waals surface area contributed by atoms with Crippen LogP contribution in [0.3, 0.4) is 0 Å². The van der Waals surface area contributed by atoms with E-state index < -0.39 is 11.5 Å². The van der Waals surface area contributed by atoms with Gasteiger partial charge in [0.05, 0.1) is 10.0 Å². The number of carbonyl (C=O) groups is 1. The normalized spacial score (nSPS) is 10.7. The molecule has 2 N–H and O–H groups in total. The van der Waals surface area contributed by atoms with E-state index in [4.69, 9.17) is 34.8 Å². The smallest absolute Gasteiger partial charge is 0.299 e. The maximum absolute atomic E-state index is 12.9. The quantitative estimate of drug-likeness (QED) is 0.660. The van der Waals surface area contributed by atoms with Gasteiger partial charge in [-0.1, -0.05) is 41.4 Å². The lowest BCUT2D eigenvalue weighted by atomic mass is 10.3. The van der Waals surface area contributed by atoms with Gasteiger partial charge in [-0.3, -0.25) is 14.7 Å². The Morgan fingerprint density at radius 3 is 2.48 bits per heavy atom. The zero-order chi connectivity index (χ0) is 18.1. The van der Waals surface area contributed by atoms with E-state index in [1.807, 2.05) is 0 Å². The number of hydrogen-bond acceptors (Lipinski definition) is 3. The average molecular weight is 399 g/mol. The predicted octanol–water partition coefficient (Wildman–Crippen LogP) is 3.44. The molecular weight excluding hydrogens is 389 g/mol. The summed E-state index contributed by atoms with van der Waals surface area (Å²) in [5.41, 5.74) is -0.235. The van der Waals surface area contributed by atoms with Crippen LogP contribution in [0.5, 0.6) is 0 Å². The van der Waals surface area contributed by atoms with Crippen molar-refractivity contribution in [3.8, 4) is 11.4 Å². The van der Waals surface area contributed by atoms with E-state index in [2.05, 4.69) is 22.1 Å². The number of carbonyl (C=O) groups excluding carboxylic acids is 1. The molecule has 0 spiro atoms. The van der Waals surface area contributed by atoms with Gasteiger partial charge in [0.2, 0.25) is 5.91 Å². The van der Waals surface area contributed by atoms with E-state index in [0.29, 0.717) is 5.02 Å². The summed E-state index contributed by atoms with van der Waals surface area (Å²) in [5, 5.41) is 9.97. The lowest BCUT2D eigenvalue weighted by Gasteiger charge is -2.07. The molecule has 0 saturated heterocycles. The standard InChI is InChI=1S/C15H10Cl3N5O2/c1-2-11(24)20-14-13(22-5-3-4-19-22)15(25)23(21-14)12-9(17)6-8(16)7-10(12)18/h2-7,21H,1H2,(H,20,24). The summed E-state index contributed by atoms with van der Waals surface area (Å²) in [7, 11) is 0. The Morgan fingerprint density at radius 1 is 1.24 bits per heavy atom. The molecule has 10 heteroatoms. The summed E-state index contributed by atoms with van der Waals surface area (Å²) in [6, 6.07) is 4.54. The van der Waals surface area contributed by atoms with Gasteiger partial charge in [0, 0.05) is 17.4 Å². The Morgan fingerprint density at radius 2 is 1.92 bits per heavy atom. The van der Waals surface area contributed by atoms with Gasteiger partial charge in [-0.25, -0.2) is 9.36 Å². The number of hydrogen-bond donors (Lipinski definition) is 2. The Bertz CT molecular complexity index is 997. The number of rotatable bonds is 4. The molecule has 3 aromatic rings. The first-order chi connectivity index (χ1) is 11.9. The summed E-state index contributed by atoms with van der Waals surface area (Å²) in [6.07, 6.45) is 4.13. The molecule has 0 atom stereocenters. The van der Waals surface area contributed by atoms with Crippen LogP contribution in [0, 0.1) is 0 Å². The van der Waals surface area contributed by atoms with Gasteiger partial charge in [0.25, 0.3) is 5.56 Å². The van der Waals surface area contributed by atoms with Gasteiger partial charge in [0.15, 0.2) is 11.5 Å². The van der Waals surface area contributed by atoms with Crippen molar-refractivity contribution < 1.29 is 4.79 Å². The molecule has 1 aromatic carbocycles. The van der Waals surface area contributed by atoms with Gasteiger partial charge in [-0.2, -0.15) is 5.10 Å². The van der Waals surface area contributed by atoms with Crippen molar-refractivity contribution in [2.24, 2.45) is 0 Å². The summed E-state index contributed by atoms with van der Waals surface area (Å²) >= 11 is 18.3. The molecule has 0 aliphatic carbocycles. The van der Waals surface area contributed by atoms with E-state index >= 15 is 0 Å². The van der Waals surface area contributed by atoms with Crippen molar-refractivity contribution in [1.29, 1.82) is 0 Å². The van der Waals surface area contributed by atoms with Crippen molar-refractivity contribution in [3.05, 3.63) is 68.7 Å². The Labute approximate surface area is 156 Å². The van der Waals surface area contributed by atoms with Crippen LogP contribution in [0.4, 0.5) is 5.82 Å². The van der Waals surface area contributed by atoms with E-state index in [9.17, 15) is 9.59 Å². The van der Waals surface area contributed by atoms with Gasteiger partial charge in [-0.05, 0) is 24.3 Å². The number of aromatic nitrogens is 4. The van der Waals surface area contributed by atoms with Gasteiger partial charge >= 0.3 is 0 Å². The SMILES string of the molecule is C=CC(=O)Nc1[nH]n(-c2c(Cl)cc(Cl)cc2Cl)c(=O)c1-n1cccn1. The second-order valence-electron chi connectivity index (χ2n) is 4.84. The topological polar surface area (TPSA) is 84.7 Å². The largest absolute Gasteiger partial charge is 0.306 e. The molecule has 25 heavy (non-hydrogen) atoms. The molecule has 0 radical (unpaired) electrons. The highest BCUT2D eigenvalue weighted by Gasteiger charge is 2.21. The van der Waals surface area contributed by atoms with Gasteiger partial charge in [0.1, 0.15) is 5.69 Å². The first kappa shape index (κ1) is 17.3. The second kappa shape index (κ2) is 6.79. The van der Waals surface area contributed by atoms with Crippen LogP contribution in [0.2, 0.25) is 15.1 Å². The number of amides is 1. The van der Waals surface area contributed by atoms with E-state index in [1.165, 1.54) is 23.0 Å². The summed E-state index contributed by atoms with van der Waals surface area (Å²) < 4.78 is 2.42. The molecule has 0 aliphatic rings. The minimum Gasteiger partial charge on any atom is -0.306 e. The Balaban J connectivity index is 2.27. The predicted molar refractivity (Wildman–Crippen MR) is 97.4 cm³/mol. The summed E-state index contributed by atoms with van der Waals surface area (Å²) in [5.74, 6) is -0.393. The van der Waals surface area contributed by atoms with Crippen molar-refractivity contribution in [2.45, 2.75) is 0 Å². The molecule has 3 rings (SSSR count). The molecule has 0 saturated carbocycles. The number of H-pyrrole nitrogens is 1. The second-order valence-corrected chi connectivity index (χ2v) is 6.09. The average Bonchev–Trinajstić information content (AvgIpc) is 3.15. The summed E-state index contributed by atoms with van der Waals surface area (Å²) in [6.45, 7) is 3.38. The summed E-state index contributed by atoms with van der Waals surface area (Å²) in [4.78, 5) is 24.6. The third-order valence-electron chi connectivity index (χ3n) is 3.24. The van der Waals surface area contributed by atoms with Crippen LogP contribution in [0.1, 0.15) is 0 Å². The van der Waals surface area contributed by atoms with Gasteiger partial charge < -0.3 is 5.32 Å². The Kier molecular flexibility index (Phi) is 4.71. The molecule has 128 valence electrons. The molecular formula is C15H10Cl3N5O2. The monoisotopic (exact) mass is 397 g/mol. The van der Waals surface area contributed by atoms with Crippen LogP contribution in [-0.4, -0.2) is 25.5 Å². The highest BCUT2D eigenvalue weighted by Crippen LogP contribution is 2.32. The van der Waals surface area contributed by atoms with Crippen LogP contribution in [0.25, 0.3) is 11.4 Å². The van der Waals surface area contributed by atoms with E-state index in [0.717, 1.165) is 10.8 Å². The maximum atomic E-state index is 12.9. The molecule has 1 amide bonds. The van der Waals surface area contributed by atoms with Crippen LogP contribution < -0.4 is 10.9 Å². The van der Waals surface area contributed by atoms with Gasteiger partial charge in [-0.15, -0.1) is 0 Å². The van der Waals surface area contributed by atoms with Crippen molar-refractivity contribution in [3.63, 3.8) is 0 Å². The molecule has 0 aliphatic heterocycles. The maximum Gasteiger partial charge on any atom is 0.299 e. The number of halogens is 3. The van der Waals surface area contributed by atoms with Crippen LogP contribution in [0.15, 0.2) is 48.0 Å². The zero-order valence-corrected chi connectivity index (χ0v) is 14.7. The molecule has 2 heterocycles. The van der Waals surface area contributed by atoms with Crippen molar-refractivity contribution in [1.82, 2.24) is 19.6 Å². The lowest BCUT2D eigenvalue weighted by molar-refractivity contribution is -0.111. The van der Waals surface area contributed by atoms with Crippen LogP contribution >= 0.6 is 34.8 Å². The minimum atomic E-state index is -0.519. The fraction of sp³-hybridized carbons (Fsp3) is 0. The minimum absolute atomic E-state index is 0.0854. The molecule has 7 nitrogen and oxygen atoms in total. The number of nitrogens with one attached hydrogen (secondary N) is 2. The number of aromatic amines is 1. The molecule has 2 aromatic heterocycles. The highest BCUT2D eigenvalue weighted by molar-refractivity contribution is 6.40. The van der Waals surface area contributed by atoms with E-state index in [-0.39, 0.29) is 27.2 Å². The third-order valence-corrected chi connectivity index (χ3v) is 4.03. The fourth-order valence-electron chi connectivity index (χ4n) is 2.21. The van der Waals surface area contributed by atoms with Crippen molar-refractivity contribution in [2.75, 3.05) is 5.32 Å². The first-order valence-electron chi connectivity index (χ1n) is 6.85. The Hall–Kier alpha value is -2.48. The lowest BCUT2D eigenvalue weighted by Crippen LogP contribution is -2.19. The van der Waals surface area contributed by atoms with Crippen molar-refractivity contribution >= 4 is 46.5 Å². The molecule has 0 fully saturated rings. The number of nitrogens with zero attached hydrogens (tertiary/aromatic N) is 3. The molecule has 0 bridgehead atoms. The van der Waals surface area contributed by atoms with E-state index in [1.54, 1.807) is 12.3 Å².